The second kappa shape index (κ2) is 4.58. The van der Waals surface area contributed by atoms with Crippen LogP contribution in [0, 0.1) is 11.3 Å². The lowest BCUT2D eigenvalue weighted by molar-refractivity contribution is 0.232. The second-order valence-electron chi connectivity index (χ2n) is 5.71. The van der Waals surface area contributed by atoms with Crippen LogP contribution in [0.3, 0.4) is 0 Å². The van der Waals surface area contributed by atoms with Crippen molar-refractivity contribution in [3.63, 3.8) is 0 Å². The van der Waals surface area contributed by atoms with Crippen molar-refractivity contribution >= 4 is 5.71 Å². The van der Waals surface area contributed by atoms with Crippen LogP contribution >= 0.6 is 0 Å². The van der Waals surface area contributed by atoms with Gasteiger partial charge in [-0.05, 0) is 13.0 Å². The van der Waals surface area contributed by atoms with Gasteiger partial charge in [0, 0.05) is 42.5 Å². The van der Waals surface area contributed by atoms with Gasteiger partial charge in [-0.2, -0.15) is 0 Å². The van der Waals surface area contributed by atoms with Gasteiger partial charge in [-0.1, -0.05) is 27.7 Å². The van der Waals surface area contributed by atoms with E-state index < -0.39 is 0 Å². The lowest BCUT2D eigenvalue weighted by Crippen LogP contribution is -2.44. The molecule has 2 N–H and O–H groups in total. The minimum absolute atomic E-state index is 0.0488. The first-order valence-corrected chi connectivity index (χ1v) is 5.94. The second-order valence-corrected chi connectivity index (χ2v) is 5.71. The Morgan fingerprint density at radius 3 is 2.44 bits per heavy atom. The van der Waals surface area contributed by atoms with Gasteiger partial charge in [0.25, 0.3) is 0 Å². The van der Waals surface area contributed by atoms with Crippen molar-refractivity contribution in [1.29, 1.82) is 0 Å². The average Bonchev–Trinajstić information content (AvgIpc) is 2.12. The van der Waals surface area contributed by atoms with E-state index in [0.29, 0.717) is 5.92 Å². The molecule has 0 atom stereocenters. The van der Waals surface area contributed by atoms with Gasteiger partial charge >= 0.3 is 0 Å². The van der Waals surface area contributed by atoms with Gasteiger partial charge in [0.1, 0.15) is 0 Å². The van der Waals surface area contributed by atoms with Crippen molar-refractivity contribution in [3.05, 3.63) is 11.3 Å². The van der Waals surface area contributed by atoms with Crippen LogP contribution in [0.25, 0.3) is 0 Å². The quantitative estimate of drug-likeness (QED) is 0.726. The molecule has 0 aliphatic carbocycles. The number of aliphatic imine (C=N–C) groups is 1. The summed E-state index contributed by atoms with van der Waals surface area (Å²) in [6, 6.07) is 0. The Kier molecular flexibility index (Phi) is 3.79. The molecule has 1 aliphatic heterocycles. The molecule has 0 aromatic heterocycles. The molecule has 92 valence electrons. The third-order valence-electron chi connectivity index (χ3n) is 3.24. The molecule has 1 rings (SSSR count). The molecule has 3 heteroatoms. The van der Waals surface area contributed by atoms with Crippen molar-refractivity contribution < 1.29 is 0 Å². The predicted octanol–water partition coefficient (Wildman–Crippen LogP) is 1.90. The summed E-state index contributed by atoms with van der Waals surface area (Å²) in [5.41, 5.74) is 9.75. The van der Waals surface area contributed by atoms with Crippen LogP contribution in [0.1, 0.15) is 27.7 Å². The summed E-state index contributed by atoms with van der Waals surface area (Å²) in [6.45, 7) is 10.7. The van der Waals surface area contributed by atoms with E-state index in [2.05, 4.69) is 44.6 Å². The van der Waals surface area contributed by atoms with Crippen LogP contribution in [-0.4, -0.2) is 37.8 Å². The molecule has 0 saturated heterocycles. The molecule has 0 saturated carbocycles. The molecule has 1 heterocycles. The summed E-state index contributed by atoms with van der Waals surface area (Å²) in [5, 5.41) is 0. The maximum absolute atomic E-state index is 6.31. The number of hydrogen-bond acceptors (Lipinski definition) is 3. The Morgan fingerprint density at radius 1 is 1.44 bits per heavy atom. The topological polar surface area (TPSA) is 41.6 Å². The van der Waals surface area contributed by atoms with Crippen LogP contribution in [0.5, 0.6) is 0 Å². The molecule has 0 aromatic carbocycles. The van der Waals surface area contributed by atoms with Crippen LogP contribution in [0.2, 0.25) is 0 Å². The molecule has 0 radical (unpaired) electrons. The predicted molar refractivity (Wildman–Crippen MR) is 70.7 cm³/mol. The summed E-state index contributed by atoms with van der Waals surface area (Å²) >= 11 is 0. The normalized spacial score (nSPS) is 23.1. The largest absolute Gasteiger partial charge is 0.401 e. The summed E-state index contributed by atoms with van der Waals surface area (Å²) in [4.78, 5) is 6.73. The van der Waals surface area contributed by atoms with Gasteiger partial charge in [-0.3, -0.25) is 4.99 Å². The molecule has 0 spiro atoms. The first-order chi connectivity index (χ1) is 7.29. The lowest BCUT2D eigenvalue weighted by Gasteiger charge is -2.39. The van der Waals surface area contributed by atoms with Crippen LogP contribution in [0.15, 0.2) is 16.3 Å². The van der Waals surface area contributed by atoms with Gasteiger partial charge in [0.15, 0.2) is 0 Å². The first kappa shape index (κ1) is 13.2. The highest BCUT2D eigenvalue weighted by Crippen LogP contribution is 2.31. The van der Waals surface area contributed by atoms with Crippen LogP contribution < -0.4 is 5.73 Å². The van der Waals surface area contributed by atoms with E-state index in [1.165, 1.54) is 5.57 Å². The van der Waals surface area contributed by atoms with Gasteiger partial charge in [-0.25, -0.2) is 0 Å². The maximum atomic E-state index is 6.31. The number of rotatable bonds is 2. The van der Waals surface area contributed by atoms with Crippen LogP contribution in [0.4, 0.5) is 0 Å². The highest BCUT2D eigenvalue weighted by molar-refractivity contribution is 6.02. The monoisotopic (exact) mass is 223 g/mol. The van der Waals surface area contributed by atoms with Gasteiger partial charge in [0.2, 0.25) is 0 Å². The fourth-order valence-electron chi connectivity index (χ4n) is 2.54. The Hall–Kier alpha value is -0.830. The minimum Gasteiger partial charge on any atom is -0.401 e. The molecule has 3 nitrogen and oxygen atoms in total. The minimum atomic E-state index is 0.0488. The molecule has 0 fully saturated rings. The summed E-state index contributed by atoms with van der Waals surface area (Å²) in [7, 11) is 4.00. The third-order valence-corrected chi connectivity index (χ3v) is 3.24. The molecule has 0 amide bonds. The van der Waals surface area contributed by atoms with Gasteiger partial charge in [-0.15, -0.1) is 0 Å². The molecule has 16 heavy (non-hydrogen) atoms. The van der Waals surface area contributed by atoms with Crippen molar-refractivity contribution in [2.24, 2.45) is 22.1 Å². The Labute approximate surface area is 99.4 Å². The first-order valence-electron chi connectivity index (χ1n) is 5.94. The van der Waals surface area contributed by atoms with E-state index in [-0.39, 0.29) is 5.41 Å². The standard InChI is InChI=1S/C13H25N3/c1-9(2)11(15-5)10-7-16(6)8-13(3,4)12(10)14/h9H,7-8,14H2,1-6H3. The summed E-state index contributed by atoms with van der Waals surface area (Å²) in [6.07, 6.45) is 0. The summed E-state index contributed by atoms with van der Waals surface area (Å²) in [5.74, 6) is 0.431. The highest BCUT2D eigenvalue weighted by Gasteiger charge is 2.32. The number of nitrogens with zero attached hydrogens (tertiary/aromatic N) is 2. The molecule has 0 bridgehead atoms. The van der Waals surface area contributed by atoms with E-state index in [1.807, 2.05) is 7.05 Å². The fourth-order valence-corrected chi connectivity index (χ4v) is 2.54. The lowest BCUT2D eigenvalue weighted by atomic mass is 9.80. The van der Waals surface area contributed by atoms with E-state index in [1.54, 1.807) is 0 Å². The molecular weight excluding hydrogens is 198 g/mol. The van der Waals surface area contributed by atoms with E-state index in [4.69, 9.17) is 5.73 Å². The van der Waals surface area contributed by atoms with Crippen molar-refractivity contribution in [2.75, 3.05) is 27.2 Å². The zero-order valence-corrected chi connectivity index (χ0v) is 11.5. The maximum Gasteiger partial charge on any atom is 0.0432 e. The Bertz CT molecular complexity index is 324. The van der Waals surface area contributed by atoms with E-state index in [9.17, 15) is 0 Å². The molecular formula is C13H25N3. The van der Waals surface area contributed by atoms with E-state index >= 15 is 0 Å². The molecule has 0 unspecified atom stereocenters. The fraction of sp³-hybridized carbons (Fsp3) is 0.769. The SMILES string of the molecule is CN=C(C1=C(N)C(C)(C)CN(C)C1)C(C)C. The zero-order valence-electron chi connectivity index (χ0n) is 11.5. The third kappa shape index (κ3) is 2.46. The molecule has 1 aliphatic rings. The molecule has 0 aromatic rings. The average molecular weight is 223 g/mol. The highest BCUT2D eigenvalue weighted by atomic mass is 15.1. The van der Waals surface area contributed by atoms with Gasteiger partial charge in [0.05, 0.1) is 0 Å². The van der Waals surface area contributed by atoms with Gasteiger partial charge < -0.3 is 10.6 Å². The number of hydrogen-bond donors (Lipinski definition) is 1. The van der Waals surface area contributed by atoms with E-state index in [0.717, 1.165) is 24.5 Å². The zero-order chi connectivity index (χ0) is 12.5. The van der Waals surface area contributed by atoms with Crippen molar-refractivity contribution in [1.82, 2.24) is 4.90 Å². The van der Waals surface area contributed by atoms with Crippen molar-refractivity contribution in [2.45, 2.75) is 27.7 Å². The Balaban J connectivity index is 3.19. The number of nitrogens with two attached hydrogens (primary N) is 1. The number of likely N-dealkylation sites (N-methyl/N-ethyl adjacent to an activating group) is 1. The smallest absolute Gasteiger partial charge is 0.0432 e. The Morgan fingerprint density at radius 2 is 2.00 bits per heavy atom. The van der Waals surface area contributed by atoms with Crippen molar-refractivity contribution in [3.8, 4) is 0 Å². The summed E-state index contributed by atoms with van der Waals surface area (Å²) < 4.78 is 0. The van der Waals surface area contributed by atoms with Crippen LogP contribution in [-0.2, 0) is 0 Å².